The molecule has 0 aliphatic carbocycles. The van der Waals surface area contributed by atoms with Crippen molar-refractivity contribution in [3.63, 3.8) is 0 Å². The van der Waals surface area contributed by atoms with Crippen LogP contribution in [0.5, 0.6) is 0 Å². The minimum Gasteiger partial charge on any atom is -0.344 e. The quantitative estimate of drug-likeness (QED) is 0.832. The number of nitrogens with zero attached hydrogens (tertiary/aromatic N) is 3. The minimum absolute atomic E-state index is 0.00656. The van der Waals surface area contributed by atoms with Gasteiger partial charge in [-0.1, -0.05) is 42.1 Å². The third-order valence-corrected chi connectivity index (χ3v) is 3.83. The van der Waals surface area contributed by atoms with Gasteiger partial charge in [-0.05, 0) is 5.56 Å². The first kappa shape index (κ1) is 15.1. The molecule has 0 radical (unpaired) electrons. The summed E-state index contributed by atoms with van der Waals surface area (Å²) in [7, 11) is 1.71. The maximum Gasteiger partial charge on any atom is 0.232 e. The van der Waals surface area contributed by atoms with Crippen LogP contribution < -0.4 is 0 Å². The summed E-state index contributed by atoms with van der Waals surface area (Å²) in [4.78, 5) is 20.9. The molecule has 0 saturated carbocycles. The Labute approximate surface area is 128 Å². The zero-order chi connectivity index (χ0) is 15.1. The molecule has 0 aliphatic heterocycles. The average molecular weight is 300 g/mol. The highest BCUT2D eigenvalue weighted by molar-refractivity contribution is 7.99. The van der Waals surface area contributed by atoms with Gasteiger partial charge in [-0.15, -0.1) is 0 Å². The molecule has 2 aromatic rings. The number of aromatic nitrogens is 2. The summed E-state index contributed by atoms with van der Waals surface area (Å²) >= 11 is 1.37. The van der Waals surface area contributed by atoms with E-state index >= 15 is 0 Å². The van der Waals surface area contributed by atoms with E-state index in [0.29, 0.717) is 18.7 Å². The molecule has 21 heavy (non-hydrogen) atoms. The Hall–Kier alpha value is -2.26. The molecule has 0 atom stereocenters. The summed E-state index contributed by atoms with van der Waals surface area (Å²) in [6.07, 6.45) is 2.12. The third-order valence-electron chi connectivity index (χ3n) is 2.95. The number of nitriles is 1. The van der Waals surface area contributed by atoms with Gasteiger partial charge in [-0.25, -0.2) is 4.98 Å². The van der Waals surface area contributed by atoms with Crippen molar-refractivity contribution in [1.82, 2.24) is 14.9 Å². The van der Waals surface area contributed by atoms with E-state index in [0.717, 1.165) is 16.4 Å². The molecule has 5 nitrogen and oxygen atoms in total. The maximum absolute atomic E-state index is 11.9. The largest absolute Gasteiger partial charge is 0.344 e. The number of hydrogen-bond donors (Lipinski definition) is 1. The van der Waals surface area contributed by atoms with Crippen LogP contribution >= 0.6 is 11.8 Å². The van der Waals surface area contributed by atoms with Crippen LogP contribution in [0.4, 0.5) is 0 Å². The number of amides is 1. The lowest BCUT2D eigenvalue weighted by Crippen LogP contribution is -2.29. The van der Waals surface area contributed by atoms with Gasteiger partial charge in [0.05, 0.1) is 30.1 Å². The lowest BCUT2D eigenvalue weighted by molar-refractivity contribution is -0.127. The van der Waals surface area contributed by atoms with Crippen LogP contribution in [0.2, 0.25) is 0 Å². The Bertz CT molecular complexity index is 633. The second kappa shape index (κ2) is 7.50. The number of thioether (sulfide) groups is 1. The first-order chi connectivity index (χ1) is 10.2. The molecule has 0 bridgehead atoms. The molecule has 0 aliphatic rings. The monoisotopic (exact) mass is 300 g/mol. The zero-order valence-corrected chi connectivity index (χ0v) is 12.6. The summed E-state index contributed by atoms with van der Waals surface area (Å²) in [6.45, 7) is 0.462. The summed E-state index contributed by atoms with van der Waals surface area (Å²) in [5.74, 6) is 0.303. The molecule has 6 heteroatoms. The summed E-state index contributed by atoms with van der Waals surface area (Å²) in [6, 6.07) is 11.9. The zero-order valence-electron chi connectivity index (χ0n) is 11.7. The van der Waals surface area contributed by atoms with Crippen LogP contribution in [-0.4, -0.2) is 40.1 Å². The predicted octanol–water partition coefficient (Wildman–Crippen LogP) is 2.54. The van der Waals surface area contributed by atoms with Crippen molar-refractivity contribution >= 4 is 17.7 Å². The molecule has 1 amide bonds. The van der Waals surface area contributed by atoms with Gasteiger partial charge in [0.2, 0.25) is 5.91 Å². The molecule has 1 N–H and O–H groups in total. The van der Waals surface area contributed by atoms with Crippen LogP contribution in [-0.2, 0) is 4.79 Å². The van der Waals surface area contributed by atoms with Crippen LogP contribution in [0.1, 0.15) is 6.42 Å². The highest BCUT2D eigenvalue weighted by Crippen LogP contribution is 2.21. The molecule has 0 spiro atoms. The van der Waals surface area contributed by atoms with E-state index in [9.17, 15) is 4.79 Å². The van der Waals surface area contributed by atoms with E-state index in [-0.39, 0.29) is 5.91 Å². The van der Waals surface area contributed by atoms with E-state index in [2.05, 4.69) is 9.97 Å². The molecule has 2 rings (SSSR count). The van der Waals surface area contributed by atoms with Gasteiger partial charge in [0.25, 0.3) is 0 Å². The van der Waals surface area contributed by atoms with Crippen molar-refractivity contribution in [1.29, 1.82) is 5.26 Å². The summed E-state index contributed by atoms with van der Waals surface area (Å²) in [5, 5.41) is 9.23. The van der Waals surface area contributed by atoms with Crippen molar-refractivity contribution in [3.05, 3.63) is 36.5 Å². The third kappa shape index (κ3) is 4.36. The second-order valence-electron chi connectivity index (χ2n) is 4.48. The van der Waals surface area contributed by atoms with Gasteiger partial charge < -0.3 is 9.88 Å². The van der Waals surface area contributed by atoms with Gasteiger partial charge in [0, 0.05) is 13.6 Å². The van der Waals surface area contributed by atoms with Gasteiger partial charge in [0.15, 0.2) is 5.16 Å². The summed E-state index contributed by atoms with van der Waals surface area (Å²) < 4.78 is 0. The molecule has 0 unspecified atom stereocenters. The van der Waals surface area contributed by atoms with Crippen molar-refractivity contribution in [2.24, 2.45) is 0 Å². The van der Waals surface area contributed by atoms with E-state index < -0.39 is 0 Å². The molecule has 1 heterocycles. The van der Waals surface area contributed by atoms with E-state index in [1.165, 1.54) is 11.8 Å². The van der Waals surface area contributed by atoms with Gasteiger partial charge in [0.1, 0.15) is 0 Å². The fourth-order valence-corrected chi connectivity index (χ4v) is 2.51. The highest BCUT2D eigenvalue weighted by atomic mass is 32.2. The number of benzene rings is 1. The highest BCUT2D eigenvalue weighted by Gasteiger charge is 2.10. The standard InChI is InChI=1S/C15H16N4OS/c1-19(9-5-8-16)14(20)11-21-15-17-10-13(18-15)12-6-3-2-4-7-12/h2-4,6-7,10H,5,9,11H2,1H3,(H,17,18). The van der Waals surface area contributed by atoms with Gasteiger partial charge in [-0.2, -0.15) is 5.26 Å². The fourth-order valence-electron chi connectivity index (χ4n) is 1.72. The molecule has 0 saturated heterocycles. The lowest BCUT2D eigenvalue weighted by Gasteiger charge is -2.14. The number of carbonyl (C=O) groups is 1. The Balaban J connectivity index is 1.89. The average Bonchev–Trinajstić information content (AvgIpc) is 3.00. The van der Waals surface area contributed by atoms with Crippen molar-refractivity contribution in [3.8, 4) is 17.3 Å². The Morgan fingerprint density at radius 3 is 2.90 bits per heavy atom. The number of rotatable bonds is 6. The van der Waals surface area contributed by atoms with Crippen molar-refractivity contribution in [2.45, 2.75) is 11.6 Å². The van der Waals surface area contributed by atoms with Crippen LogP contribution in [0.15, 0.2) is 41.7 Å². The molecule has 1 aromatic heterocycles. The second-order valence-corrected chi connectivity index (χ2v) is 5.44. The van der Waals surface area contributed by atoms with E-state index in [1.807, 2.05) is 36.4 Å². The molecular weight excluding hydrogens is 284 g/mol. The first-order valence-electron chi connectivity index (χ1n) is 6.55. The van der Waals surface area contributed by atoms with Crippen LogP contribution in [0.25, 0.3) is 11.3 Å². The Kier molecular flexibility index (Phi) is 5.41. The number of imidazole rings is 1. The van der Waals surface area contributed by atoms with Crippen molar-refractivity contribution < 1.29 is 4.79 Å². The number of carbonyl (C=O) groups excluding carboxylic acids is 1. The Morgan fingerprint density at radius 2 is 2.19 bits per heavy atom. The SMILES string of the molecule is CN(CCC#N)C(=O)CSc1ncc(-c2ccccc2)[nH]1. The predicted molar refractivity (Wildman–Crippen MR) is 82.6 cm³/mol. The van der Waals surface area contributed by atoms with Crippen LogP contribution in [0.3, 0.4) is 0 Å². The number of hydrogen-bond acceptors (Lipinski definition) is 4. The van der Waals surface area contributed by atoms with Crippen LogP contribution in [0, 0.1) is 11.3 Å². The van der Waals surface area contributed by atoms with E-state index in [4.69, 9.17) is 5.26 Å². The number of H-pyrrole nitrogens is 1. The summed E-state index contributed by atoms with van der Waals surface area (Å²) in [5.41, 5.74) is 2.00. The normalized spacial score (nSPS) is 10.1. The Morgan fingerprint density at radius 1 is 1.43 bits per heavy atom. The topological polar surface area (TPSA) is 72.8 Å². The molecular formula is C15H16N4OS. The molecule has 1 aromatic carbocycles. The number of nitrogens with one attached hydrogen (secondary N) is 1. The molecule has 108 valence electrons. The minimum atomic E-state index is -0.00656. The smallest absolute Gasteiger partial charge is 0.232 e. The molecule has 0 fully saturated rings. The lowest BCUT2D eigenvalue weighted by atomic mass is 10.2. The number of aromatic amines is 1. The fraction of sp³-hybridized carbons (Fsp3) is 0.267. The first-order valence-corrected chi connectivity index (χ1v) is 7.53. The van der Waals surface area contributed by atoms with Gasteiger partial charge in [-0.3, -0.25) is 4.79 Å². The van der Waals surface area contributed by atoms with Gasteiger partial charge >= 0.3 is 0 Å². The van der Waals surface area contributed by atoms with E-state index in [1.54, 1.807) is 18.1 Å². The maximum atomic E-state index is 11.9. The van der Waals surface area contributed by atoms with Crippen molar-refractivity contribution in [2.75, 3.05) is 19.3 Å².